The molecule has 0 aromatic carbocycles. The van der Waals surface area contributed by atoms with Crippen LogP contribution in [0.1, 0.15) is 48.7 Å². The summed E-state index contributed by atoms with van der Waals surface area (Å²) in [7, 11) is 1.93. The van der Waals surface area contributed by atoms with E-state index < -0.39 is 0 Å². The molecule has 0 radical (unpaired) electrons. The van der Waals surface area contributed by atoms with Crippen LogP contribution in [0.3, 0.4) is 0 Å². The van der Waals surface area contributed by atoms with Gasteiger partial charge in [-0.25, -0.2) is 0 Å². The van der Waals surface area contributed by atoms with Crippen molar-refractivity contribution >= 4 is 11.7 Å². The molecule has 0 bridgehead atoms. The molecule has 1 fully saturated rings. The lowest BCUT2D eigenvalue weighted by atomic mass is 10.0. The Morgan fingerprint density at radius 1 is 1.43 bits per heavy atom. The van der Waals surface area contributed by atoms with E-state index in [9.17, 15) is 4.79 Å². The molecule has 2 aromatic rings. The topological polar surface area (TPSA) is 73.0 Å². The molecule has 0 unspecified atom stereocenters. The molecule has 2 aromatic heterocycles. The average molecular weight is 288 g/mol. The van der Waals surface area contributed by atoms with Crippen LogP contribution in [0.2, 0.25) is 0 Å². The summed E-state index contributed by atoms with van der Waals surface area (Å²) in [5, 5.41) is 11.0. The molecule has 1 saturated carbocycles. The highest BCUT2D eigenvalue weighted by atomic mass is 16.5. The van der Waals surface area contributed by atoms with Crippen molar-refractivity contribution in [2.75, 3.05) is 5.32 Å². The first-order valence-corrected chi connectivity index (χ1v) is 7.38. The second kappa shape index (κ2) is 5.71. The van der Waals surface area contributed by atoms with Crippen molar-refractivity contribution in [2.24, 2.45) is 7.05 Å². The van der Waals surface area contributed by atoms with Crippen molar-refractivity contribution in [1.82, 2.24) is 14.9 Å². The zero-order valence-corrected chi connectivity index (χ0v) is 12.4. The molecule has 0 aliphatic heterocycles. The predicted octanol–water partition coefficient (Wildman–Crippen LogP) is 2.56. The fourth-order valence-electron chi connectivity index (χ4n) is 2.99. The largest absolute Gasteiger partial charge is 0.361 e. The third-order valence-corrected chi connectivity index (χ3v) is 3.97. The van der Waals surface area contributed by atoms with Gasteiger partial charge in [0.25, 0.3) is 0 Å². The molecule has 112 valence electrons. The Morgan fingerprint density at radius 3 is 2.86 bits per heavy atom. The third kappa shape index (κ3) is 3.15. The van der Waals surface area contributed by atoms with Crippen molar-refractivity contribution < 1.29 is 9.32 Å². The number of carbonyl (C=O) groups is 1. The number of amides is 1. The molecule has 0 spiro atoms. The standard InChI is InChI=1S/C15H20N4O2/c1-10-7-12(21-18-10)8-15(20)16-14-9-13(19(2)17-14)11-5-3-4-6-11/h7,9,11H,3-6,8H2,1-2H3,(H,16,17,20). The lowest BCUT2D eigenvalue weighted by Crippen LogP contribution is -2.14. The van der Waals surface area contributed by atoms with Crippen LogP contribution in [0.5, 0.6) is 0 Å². The summed E-state index contributed by atoms with van der Waals surface area (Å²) < 4.78 is 6.93. The van der Waals surface area contributed by atoms with Gasteiger partial charge in [-0.3, -0.25) is 9.48 Å². The van der Waals surface area contributed by atoms with Crippen LogP contribution in [-0.4, -0.2) is 20.8 Å². The number of hydrogen-bond donors (Lipinski definition) is 1. The van der Waals surface area contributed by atoms with Crippen LogP contribution in [0.15, 0.2) is 16.7 Å². The van der Waals surface area contributed by atoms with Gasteiger partial charge in [0.05, 0.1) is 12.1 Å². The van der Waals surface area contributed by atoms with Gasteiger partial charge >= 0.3 is 0 Å². The van der Waals surface area contributed by atoms with Crippen LogP contribution in [0, 0.1) is 6.92 Å². The summed E-state index contributed by atoms with van der Waals surface area (Å²) in [6.07, 6.45) is 5.16. The van der Waals surface area contributed by atoms with Crippen molar-refractivity contribution in [1.29, 1.82) is 0 Å². The molecule has 1 amide bonds. The summed E-state index contributed by atoms with van der Waals surface area (Å²) in [6, 6.07) is 3.75. The van der Waals surface area contributed by atoms with E-state index in [0.717, 1.165) is 5.69 Å². The minimum Gasteiger partial charge on any atom is -0.361 e. The number of nitrogens with one attached hydrogen (secondary N) is 1. The Hall–Kier alpha value is -2.11. The number of aromatic nitrogens is 3. The van der Waals surface area contributed by atoms with Gasteiger partial charge in [0.15, 0.2) is 5.82 Å². The highest BCUT2D eigenvalue weighted by Crippen LogP contribution is 2.34. The SMILES string of the molecule is Cc1cc(CC(=O)Nc2cc(C3CCCC3)n(C)n2)on1. The van der Waals surface area contributed by atoms with Crippen LogP contribution in [0.25, 0.3) is 0 Å². The van der Waals surface area contributed by atoms with Crippen LogP contribution in [0.4, 0.5) is 5.82 Å². The van der Waals surface area contributed by atoms with Gasteiger partial charge < -0.3 is 9.84 Å². The van der Waals surface area contributed by atoms with Crippen LogP contribution < -0.4 is 5.32 Å². The number of hydrogen-bond acceptors (Lipinski definition) is 4. The maximum atomic E-state index is 12.0. The molecule has 3 rings (SSSR count). The van der Waals surface area contributed by atoms with E-state index in [2.05, 4.69) is 15.6 Å². The molecular weight excluding hydrogens is 268 g/mol. The van der Waals surface area contributed by atoms with Gasteiger partial charge in [0, 0.05) is 30.8 Å². The monoisotopic (exact) mass is 288 g/mol. The molecule has 1 N–H and O–H groups in total. The Labute approximate surface area is 123 Å². The summed E-state index contributed by atoms with van der Waals surface area (Å²) >= 11 is 0. The van der Waals surface area contributed by atoms with E-state index in [1.165, 1.54) is 31.4 Å². The van der Waals surface area contributed by atoms with E-state index in [1.807, 2.05) is 24.7 Å². The van der Waals surface area contributed by atoms with Crippen molar-refractivity contribution in [2.45, 2.75) is 44.9 Å². The van der Waals surface area contributed by atoms with Crippen molar-refractivity contribution in [3.8, 4) is 0 Å². The minimum atomic E-state index is -0.137. The number of anilines is 1. The van der Waals surface area contributed by atoms with E-state index in [1.54, 1.807) is 6.07 Å². The first-order chi connectivity index (χ1) is 10.1. The molecular formula is C15H20N4O2. The lowest BCUT2D eigenvalue weighted by Gasteiger charge is -2.07. The molecule has 0 atom stereocenters. The van der Waals surface area contributed by atoms with Gasteiger partial charge in [-0.15, -0.1) is 0 Å². The van der Waals surface area contributed by atoms with Crippen LogP contribution >= 0.6 is 0 Å². The Balaban J connectivity index is 1.64. The van der Waals surface area contributed by atoms with Crippen molar-refractivity contribution in [3.05, 3.63) is 29.3 Å². The Kier molecular flexibility index (Phi) is 3.77. The van der Waals surface area contributed by atoms with E-state index >= 15 is 0 Å². The first kappa shape index (κ1) is 13.9. The van der Waals surface area contributed by atoms with Crippen LogP contribution in [-0.2, 0) is 18.3 Å². The van der Waals surface area contributed by atoms with E-state index in [0.29, 0.717) is 17.5 Å². The van der Waals surface area contributed by atoms with Gasteiger partial charge in [-0.1, -0.05) is 18.0 Å². The summed E-state index contributed by atoms with van der Waals surface area (Å²) in [5.74, 6) is 1.62. The minimum absolute atomic E-state index is 0.137. The maximum Gasteiger partial charge on any atom is 0.233 e. The zero-order chi connectivity index (χ0) is 14.8. The summed E-state index contributed by atoms with van der Waals surface area (Å²) in [6.45, 7) is 1.83. The normalized spacial score (nSPS) is 15.5. The zero-order valence-electron chi connectivity index (χ0n) is 12.4. The van der Waals surface area contributed by atoms with Gasteiger partial charge in [0.2, 0.25) is 5.91 Å². The average Bonchev–Trinajstić information content (AvgIpc) is 3.12. The van der Waals surface area contributed by atoms with E-state index in [-0.39, 0.29) is 12.3 Å². The molecule has 2 heterocycles. The first-order valence-electron chi connectivity index (χ1n) is 7.38. The quantitative estimate of drug-likeness (QED) is 0.938. The maximum absolute atomic E-state index is 12.0. The lowest BCUT2D eigenvalue weighted by molar-refractivity contribution is -0.115. The predicted molar refractivity (Wildman–Crippen MR) is 78.0 cm³/mol. The second-order valence-electron chi connectivity index (χ2n) is 5.72. The third-order valence-electron chi connectivity index (χ3n) is 3.97. The fraction of sp³-hybridized carbons (Fsp3) is 0.533. The number of nitrogens with zero attached hydrogens (tertiary/aromatic N) is 3. The Bertz CT molecular complexity index is 638. The number of carbonyl (C=O) groups excluding carboxylic acids is 1. The van der Waals surface area contributed by atoms with Gasteiger partial charge in [0.1, 0.15) is 5.76 Å². The smallest absolute Gasteiger partial charge is 0.233 e. The number of aryl methyl sites for hydroxylation is 2. The molecule has 6 nitrogen and oxygen atoms in total. The van der Waals surface area contributed by atoms with Crippen molar-refractivity contribution in [3.63, 3.8) is 0 Å². The molecule has 0 saturated heterocycles. The second-order valence-corrected chi connectivity index (χ2v) is 5.72. The highest BCUT2D eigenvalue weighted by Gasteiger charge is 2.21. The number of rotatable bonds is 4. The molecule has 6 heteroatoms. The Morgan fingerprint density at radius 2 is 2.19 bits per heavy atom. The van der Waals surface area contributed by atoms with Gasteiger partial charge in [-0.2, -0.15) is 5.10 Å². The summed E-state index contributed by atoms with van der Waals surface area (Å²) in [5.41, 5.74) is 1.98. The molecule has 1 aliphatic carbocycles. The highest BCUT2D eigenvalue weighted by molar-refractivity contribution is 5.91. The van der Waals surface area contributed by atoms with E-state index in [4.69, 9.17) is 4.52 Å². The fourth-order valence-corrected chi connectivity index (χ4v) is 2.99. The molecule has 1 aliphatic rings. The van der Waals surface area contributed by atoms with Gasteiger partial charge in [-0.05, 0) is 19.8 Å². The summed E-state index contributed by atoms with van der Waals surface area (Å²) in [4.78, 5) is 12.0. The molecule has 21 heavy (non-hydrogen) atoms.